The number of carbonyl (C=O) groups excluding carboxylic acids is 1. The van der Waals surface area contributed by atoms with E-state index in [4.69, 9.17) is 34.8 Å². The molecule has 0 saturated carbocycles. The molecule has 0 spiro atoms. The predicted molar refractivity (Wildman–Crippen MR) is 103 cm³/mol. The molecule has 0 unspecified atom stereocenters. The van der Waals surface area contributed by atoms with Crippen LogP contribution in [0.15, 0.2) is 36.4 Å². The van der Waals surface area contributed by atoms with Gasteiger partial charge in [0.1, 0.15) is 0 Å². The Morgan fingerprint density at radius 1 is 1.12 bits per heavy atom. The maximum absolute atomic E-state index is 12.1. The van der Waals surface area contributed by atoms with Gasteiger partial charge in [-0.15, -0.1) is 0 Å². The van der Waals surface area contributed by atoms with Gasteiger partial charge in [-0.05, 0) is 23.8 Å². The fourth-order valence-electron chi connectivity index (χ4n) is 1.98. The van der Waals surface area contributed by atoms with Crippen molar-refractivity contribution in [3.8, 4) is 0 Å². The molecule has 2 aromatic rings. The molecule has 0 fully saturated rings. The Morgan fingerprint density at radius 3 is 2.44 bits per heavy atom. The smallest absolute Gasteiger partial charge is 0.270 e. The number of thioether (sulfide) groups is 1. The topological polar surface area (TPSA) is 72.2 Å². The summed E-state index contributed by atoms with van der Waals surface area (Å²) < 4.78 is 0. The zero-order valence-corrected chi connectivity index (χ0v) is 15.9. The minimum atomic E-state index is -0.573. The van der Waals surface area contributed by atoms with Crippen LogP contribution in [-0.4, -0.2) is 23.1 Å². The van der Waals surface area contributed by atoms with Crippen LogP contribution in [0.25, 0.3) is 0 Å². The summed E-state index contributed by atoms with van der Waals surface area (Å²) in [4.78, 5) is 22.3. The summed E-state index contributed by atoms with van der Waals surface area (Å²) in [6, 6.07) is 9.08. The second kappa shape index (κ2) is 9.29. The highest BCUT2D eigenvalue weighted by molar-refractivity contribution is 7.98. The highest BCUT2D eigenvalue weighted by Gasteiger charge is 2.15. The van der Waals surface area contributed by atoms with Gasteiger partial charge >= 0.3 is 0 Å². The molecule has 0 aliphatic carbocycles. The number of nitrogens with one attached hydrogen (secondary N) is 1. The van der Waals surface area contributed by atoms with Crippen molar-refractivity contribution in [2.75, 3.05) is 12.3 Å². The highest BCUT2D eigenvalue weighted by atomic mass is 35.5. The third-order valence-electron chi connectivity index (χ3n) is 3.25. The average Bonchev–Trinajstić information content (AvgIpc) is 2.56. The van der Waals surface area contributed by atoms with Crippen LogP contribution in [0.1, 0.15) is 15.9 Å². The second-order valence-corrected chi connectivity index (χ2v) is 7.26. The number of amides is 1. The SMILES string of the molecule is O=C(NCCSCc1c(Cl)cccc1Cl)c1cc([N+](=O)[O-])ccc1Cl. The van der Waals surface area contributed by atoms with E-state index < -0.39 is 10.8 Å². The van der Waals surface area contributed by atoms with Crippen molar-refractivity contribution < 1.29 is 9.72 Å². The van der Waals surface area contributed by atoms with Gasteiger partial charge in [-0.1, -0.05) is 40.9 Å². The van der Waals surface area contributed by atoms with Gasteiger partial charge in [-0.2, -0.15) is 11.8 Å². The number of nitro benzene ring substituents is 1. The first kappa shape index (κ1) is 19.8. The van der Waals surface area contributed by atoms with Crippen molar-refractivity contribution in [2.45, 2.75) is 5.75 Å². The Labute approximate surface area is 163 Å². The molecule has 0 aromatic heterocycles. The molecule has 2 aromatic carbocycles. The molecule has 132 valence electrons. The van der Waals surface area contributed by atoms with Gasteiger partial charge in [0.25, 0.3) is 11.6 Å². The monoisotopic (exact) mass is 418 g/mol. The molecule has 2 rings (SSSR count). The second-order valence-electron chi connectivity index (χ2n) is 4.93. The van der Waals surface area contributed by atoms with E-state index in [1.54, 1.807) is 30.0 Å². The molecule has 0 saturated heterocycles. The fourth-order valence-corrected chi connectivity index (χ4v) is 3.78. The number of nitrogens with zero attached hydrogens (tertiary/aromatic N) is 1. The summed E-state index contributed by atoms with van der Waals surface area (Å²) in [7, 11) is 0. The Bertz CT molecular complexity index is 782. The Morgan fingerprint density at radius 2 is 1.80 bits per heavy atom. The number of carbonyl (C=O) groups is 1. The van der Waals surface area contributed by atoms with Crippen LogP contribution in [0.5, 0.6) is 0 Å². The van der Waals surface area contributed by atoms with Crippen LogP contribution in [0, 0.1) is 10.1 Å². The largest absolute Gasteiger partial charge is 0.351 e. The zero-order chi connectivity index (χ0) is 18.4. The molecular weight excluding hydrogens is 407 g/mol. The highest BCUT2D eigenvalue weighted by Crippen LogP contribution is 2.28. The van der Waals surface area contributed by atoms with E-state index in [9.17, 15) is 14.9 Å². The van der Waals surface area contributed by atoms with Crippen LogP contribution >= 0.6 is 46.6 Å². The van der Waals surface area contributed by atoms with Crippen molar-refractivity contribution in [3.63, 3.8) is 0 Å². The van der Waals surface area contributed by atoms with Crippen LogP contribution in [0.3, 0.4) is 0 Å². The van der Waals surface area contributed by atoms with Gasteiger partial charge in [0, 0.05) is 40.2 Å². The van der Waals surface area contributed by atoms with E-state index in [2.05, 4.69) is 5.32 Å². The maximum atomic E-state index is 12.1. The zero-order valence-electron chi connectivity index (χ0n) is 12.8. The predicted octanol–water partition coefficient (Wildman–Crippen LogP) is 5.22. The maximum Gasteiger partial charge on any atom is 0.270 e. The summed E-state index contributed by atoms with van der Waals surface area (Å²) >= 11 is 19.7. The van der Waals surface area contributed by atoms with Gasteiger partial charge in [0.15, 0.2) is 0 Å². The Balaban J connectivity index is 1.85. The number of nitro groups is 1. The third kappa shape index (κ3) is 5.51. The van der Waals surface area contributed by atoms with E-state index >= 15 is 0 Å². The Hall–Kier alpha value is -1.47. The molecule has 1 amide bonds. The van der Waals surface area contributed by atoms with Crippen LogP contribution < -0.4 is 5.32 Å². The molecule has 0 aliphatic heterocycles. The molecule has 0 heterocycles. The third-order valence-corrected chi connectivity index (χ3v) is 5.27. The first-order chi connectivity index (χ1) is 11.9. The lowest BCUT2D eigenvalue weighted by atomic mass is 10.2. The summed E-state index contributed by atoms with van der Waals surface area (Å²) in [6.07, 6.45) is 0. The molecular formula is C16H13Cl3N2O3S. The molecule has 25 heavy (non-hydrogen) atoms. The van der Waals surface area contributed by atoms with E-state index in [1.807, 2.05) is 0 Å². The number of halogens is 3. The number of hydrogen-bond donors (Lipinski definition) is 1. The molecule has 0 bridgehead atoms. The summed E-state index contributed by atoms with van der Waals surface area (Å²) in [6.45, 7) is 0.380. The number of rotatable bonds is 7. The summed E-state index contributed by atoms with van der Waals surface area (Å²) in [5, 5.41) is 14.8. The van der Waals surface area contributed by atoms with Gasteiger partial charge in [0.05, 0.1) is 15.5 Å². The minimum absolute atomic E-state index is 0.0787. The first-order valence-electron chi connectivity index (χ1n) is 7.13. The first-order valence-corrected chi connectivity index (χ1v) is 9.41. The Kier molecular flexibility index (Phi) is 7.38. The van der Waals surface area contributed by atoms with Gasteiger partial charge < -0.3 is 5.32 Å². The number of hydrogen-bond acceptors (Lipinski definition) is 4. The number of non-ortho nitro benzene ring substituents is 1. The van der Waals surface area contributed by atoms with E-state index in [1.165, 1.54) is 12.1 Å². The van der Waals surface area contributed by atoms with Crippen molar-refractivity contribution in [1.29, 1.82) is 0 Å². The lowest BCUT2D eigenvalue weighted by Crippen LogP contribution is -2.26. The molecule has 0 aliphatic rings. The minimum Gasteiger partial charge on any atom is -0.351 e. The molecule has 5 nitrogen and oxygen atoms in total. The van der Waals surface area contributed by atoms with Crippen LogP contribution in [0.4, 0.5) is 5.69 Å². The van der Waals surface area contributed by atoms with Gasteiger partial charge in [0.2, 0.25) is 0 Å². The lowest BCUT2D eigenvalue weighted by molar-refractivity contribution is -0.384. The molecule has 1 N–H and O–H groups in total. The normalized spacial score (nSPS) is 10.5. The average molecular weight is 420 g/mol. The van der Waals surface area contributed by atoms with Gasteiger partial charge in [-0.25, -0.2) is 0 Å². The van der Waals surface area contributed by atoms with Crippen LogP contribution in [0.2, 0.25) is 15.1 Å². The van der Waals surface area contributed by atoms with Crippen molar-refractivity contribution in [2.24, 2.45) is 0 Å². The van der Waals surface area contributed by atoms with E-state index in [0.29, 0.717) is 28.1 Å². The van der Waals surface area contributed by atoms with E-state index in [0.717, 1.165) is 11.6 Å². The summed E-state index contributed by atoms with van der Waals surface area (Å²) in [5.74, 6) is 0.788. The molecule has 9 heteroatoms. The standard InChI is InChI=1S/C16H13Cl3N2O3S/c17-13-2-1-3-14(18)12(13)9-25-7-6-20-16(22)11-8-10(21(23)24)4-5-15(11)19/h1-5,8H,6-7,9H2,(H,20,22). The van der Waals surface area contributed by atoms with E-state index in [-0.39, 0.29) is 16.3 Å². The van der Waals surface area contributed by atoms with Crippen molar-refractivity contribution in [1.82, 2.24) is 5.32 Å². The molecule has 0 atom stereocenters. The van der Waals surface area contributed by atoms with Crippen molar-refractivity contribution in [3.05, 3.63) is 72.7 Å². The summed E-state index contributed by atoms with van der Waals surface area (Å²) in [5.41, 5.74) is 0.746. The van der Waals surface area contributed by atoms with Gasteiger partial charge in [-0.3, -0.25) is 14.9 Å². The van der Waals surface area contributed by atoms with Crippen LogP contribution in [-0.2, 0) is 5.75 Å². The fraction of sp³-hybridized carbons (Fsp3) is 0.188. The lowest BCUT2D eigenvalue weighted by Gasteiger charge is -2.08. The number of benzene rings is 2. The quantitative estimate of drug-likeness (QED) is 0.379. The molecule has 0 radical (unpaired) electrons. The van der Waals surface area contributed by atoms with Crippen molar-refractivity contribution >= 4 is 58.2 Å².